The molecule has 3 rings (SSSR count). The van der Waals surface area contributed by atoms with Crippen LogP contribution >= 0.6 is 0 Å². The zero-order chi connectivity index (χ0) is 20.4. The molecular weight excluding hydrogens is 370 g/mol. The van der Waals surface area contributed by atoms with Crippen molar-refractivity contribution >= 4 is 28.6 Å². The fraction of sp³-hybridized carbons (Fsp3) is 0.105. The van der Waals surface area contributed by atoms with E-state index in [0.29, 0.717) is 10.9 Å². The lowest BCUT2D eigenvalue weighted by molar-refractivity contribution is -0.384. The van der Waals surface area contributed by atoms with Gasteiger partial charge in [-0.15, -0.1) is 0 Å². The van der Waals surface area contributed by atoms with Crippen molar-refractivity contribution in [2.45, 2.75) is 6.92 Å². The molecule has 0 amide bonds. The van der Waals surface area contributed by atoms with Gasteiger partial charge < -0.3 is 13.9 Å². The predicted octanol–water partition coefficient (Wildman–Crippen LogP) is 3.02. The number of non-ortho nitro benzene ring substituents is 1. The number of rotatable bonds is 4. The molecule has 0 atom stereocenters. The molecule has 0 aliphatic carbocycles. The smallest absolute Gasteiger partial charge is 0.343 e. The van der Waals surface area contributed by atoms with E-state index in [1.165, 1.54) is 18.2 Å². The van der Waals surface area contributed by atoms with Gasteiger partial charge in [-0.25, -0.2) is 14.4 Å². The average molecular weight is 383 g/mol. The molecule has 0 saturated carbocycles. The topological polar surface area (TPSA) is 126 Å². The first-order valence-electron chi connectivity index (χ1n) is 7.93. The quantitative estimate of drug-likeness (QED) is 0.221. The Morgan fingerprint density at radius 1 is 1.04 bits per heavy atom. The monoisotopic (exact) mass is 383 g/mol. The zero-order valence-corrected chi connectivity index (χ0v) is 14.8. The lowest BCUT2D eigenvalue weighted by Crippen LogP contribution is -2.11. The van der Waals surface area contributed by atoms with Gasteiger partial charge in [-0.05, 0) is 30.7 Å². The Morgan fingerprint density at radius 2 is 1.71 bits per heavy atom. The molecule has 0 saturated heterocycles. The van der Waals surface area contributed by atoms with Crippen LogP contribution in [0.25, 0.3) is 11.0 Å². The van der Waals surface area contributed by atoms with Gasteiger partial charge in [0.2, 0.25) is 0 Å². The van der Waals surface area contributed by atoms with Crippen molar-refractivity contribution in [3.63, 3.8) is 0 Å². The Hall–Kier alpha value is -4.01. The summed E-state index contributed by atoms with van der Waals surface area (Å²) in [7, 11) is 1.12. The first-order chi connectivity index (χ1) is 13.3. The highest BCUT2D eigenvalue weighted by atomic mass is 16.6. The molecule has 3 aromatic rings. The maximum absolute atomic E-state index is 12.4. The third-order valence-corrected chi connectivity index (χ3v) is 3.92. The van der Waals surface area contributed by atoms with Gasteiger partial charge in [0.05, 0.1) is 23.2 Å². The average Bonchev–Trinajstić information content (AvgIpc) is 2.66. The normalized spacial score (nSPS) is 10.5. The minimum Gasteiger partial charge on any atom is -0.465 e. The number of ether oxygens (including phenoxy) is 2. The lowest BCUT2D eigenvalue weighted by Gasteiger charge is -2.07. The number of fused-ring (bicyclic) bond motifs is 1. The zero-order valence-electron chi connectivity index (χ0n) is 14.8. The van der Waals surface area contributed by atoms with Crippen LogP contribution in [-0.2, 0) is 4.74 Å². The van der Waals surface area contributed by atoms with Crippen molar-refractivity contribution in [2.75, 3.05) is 7.11 Å². The van der Waals surface area contributed by atoms with Gasteiger partial charge in [0.25, 0.3) is 5.69 Å². The second-order valence-electron chi connectivity index (χ2n) is 5.81. The number of hydrogen-bond donors (Lipinski definition) is 0. The van der Waals surface area contributed by atoms with Crippen molar-refractivity contribution in [3.8, 4) is 5.75 Å². The van der Waals surface area contributed by atoms with Crippen molar-refractivity contribution < 1.29 is 28.4 Å². The van der Waals surface area contributed by atoms with Crippen molar-refractivity contribution in [1.82, 2.24) is 0 Å². The van der Waals surface area contributed by atoms with Crippen LogP contribution in [0.2, 0.25) is 0 Å². The Labute approximate surface area is 157 Å². The number of aryl methyl sites for hydroxylation is 1. The number of carbonyl (C=O) groups excluding carboxylic acids is 2. The van der Waals surface area contributed by atoms with E-state index in [1.807, 2.05) is 0 Å². The van der Waals surface area contributed by atoms with E-state index in [4.69, 9.17) is 9.15 Å². The second-order valence-corrected chi connectivity index (χ2v) is 5.81. The van der Waals surface area contributed by atoms with Crippen LogP contribution < -0.4 is 10.4 Å². The molecule has 28 heavy (non-hydrogen) atoms. The molecule has 0 aliphatic rings. The summed E-state index contributed by atoms with van der Waals surface area (Å²) in [5.74, 6) is -1.69. The van der Waals surface area contributed by atoms with Gasteiger partial charge in [-0.2, -0.15) is 0 Å². The Morgan fingerprint density at radius 3 is 2.36 bits per heavy atom. The van der Waals surface area contributed by atoms with E-state index < -0.39 is 28.2 Å². The fourth-order valence-corrected chi connectivity index (χ4v) is 2.60. The highest BCUT2D eigenvalue weighted by Gasteiger charge is 2.20. The van der Waals surface area contributed by atoms with E-state index in [-0.39, 0.29) is 22.5 Å². The van der Waals surface area contributed by atoms with Gasteiger partial charge in [0.1, 0.15) is 11.3 Å². The SMILES string of the molecule is COC(=O)c1cc(C(=O)Oc2ccc3c(C)cc(=O)oc3c2)cc([N+](=O)[O-])c1. The van der Waals surface area contributed by atoms with Crippen LogP contribution in [0.5, 0.6) is 5.75 Å². The number of benzene rings is 2. The molecule has 1 heterocycles. The third-order valence-electron chi connectivity index (χ3n) is 3.92. The summed E-state index contributed by atoms with van der Waals surface area (Å²) in [6.45, 7) is 1.74. The minimum atomic E-state index is -0.928. The maximum atomic E-state index is 12.4. The number of nitro benzene ring substituents is 1. The van der Waals surface area contributed by atoms with E-state index >= 15 is 0 Å². The van der Waals surface area contributed by atoms with Crippen molar-refractivity contribution in [1.29, 1.82) is 0 Å². The maximum Gasteiger partial charge on any atom is 0.343 e. The molecule has 9 heteroatoms. The van der Waals surface area contributed by atoms with E-state index in [0.717, 1.165) is 25.3 Å². The molecule has 0 bridgehead atoms. The summed E-state index contributed by atoms with van der Waals surface area (Å²) in [5.41, 5.74) is -0.454. The lowest BCUT2D eigenvalue weighted by atomic mass is 10.1. The first kappa shape index (κ1) is 18.8. The molecule has 9 nitrogen and oxygen atoms in total. The highest BCUT2D eigenvalue weighted by molar-refractivity contribution is 5.97. The second kappa shape index (κ2) is 7.31. The fourth-order valence-electron chi connectivity index (χ4n) is 2.60. The van der Waals surface area contributed by atoms with Crippen LogP contribution in [-0.4, -0.2) is 24.0 Å². The van der Waals surface area contributed by atoms with Crippen molar-refractivity contribution in [3.05, 3.63) is 79.7 Å². The van der Waals surface area contributed by atoms with Crippen LogP contribution in [0.1, 0.15) is 26.3 Å². The largest absolute Gasteiger partial charge is 0.465 e. The third kappa shape index (κ3) is 3.73. The first-order valence-corrected chi connectivity index (χ1v) is 7.93. The molecule has 0 N–H and O–H groups in total. The summed E-state index contributed by atoms with van der Waals surface area (Å²) in [5, 5.41) is 11.7. The molecule has 0 aliphatic heterocycles. The van der Waals surface area contributed by atoms with Crippen LogP contribution in [0, 0.1) is 17.0 Å². The molecule has 2 aromatic carbocycles. The molecule has 142 valence electrons. The van der Waals surface area contributed by atoms with Gasteiger partial charge in [0.15, 0.2) is 0 Å². The Bertz CT molecular complexity index is 1180. The van der Waals surface area contributed by atoms with Crippen LogP contribution in [0.3, 0.4) is 0 Å². The van der Waals surface area contributed by atoms with E-state index in [9.17, 15) is 24.5 Å². The summed E-state index contributed by atoms with van der Waals surface area (Å²) in [4.78, 5) is 46.0. The van der Waals surface area contributed by atoms with Gasteiger partial charge in [-0.1, -0.05) is 0 Å². The minimum absolute atomic E-state index is 0.0670. The predicted molar refractivity (Wildman–Crippen MR) is 96.6 cm³/mol. The number of methoxy groups -OCH3 is 1. The molecule has 0 radical (unpaired) electrons. The molecule has 0 fully saturated rings. The molecule has 0 unspecified atom stereocenters. The number of hydrogen-bond acceptors (Lipinski definition) is 8. The summed E-state index contributed by atoms with van der Waals surface area (Å²) in [6.07, 6.45) is 0. The Kier molecular flexibility index (Phi) is 4.90. The van der Waals surface area contributed by atoms with Crippen LogP contribution in [0.4, 0.5) is 5.69 Å². The summed E-state index contributed by atoms with van der Waals surface area (Å²) >= 11 is 0. The number of nitro groups is 1. The summed E-state index contributed by atoms with van der Waals surface area (Å²) in [6, 6.07) is 8.92. The molecule has 1 aromatic heterocycles. The van der Waals surface area contributed by atoms with Gasteiger partial charge >= 0.3 is 17.6 Å². The van der Waals surface area contributed by atoms with Crippen molar-refractivity contribution in [2.24, 2.45) is 0 Å². The van der Waals surface area contributed by atoms with Gasteiger partial charge in [0, 0.05) is 29.7 Å². The molecular formula is C19H13NO8. The van der Waals surface area contributed by atoms with E-state index in [2.05, 4.69) is 4.74 Å². The van der Waals surface area contributed by atoms with Gasteiger partial charge in [-0.3, -0.25) is 10.1 Å². The number of esters is 2. The number of nitrogens with zero attached hydrogens (tertiary/aromatic N) is 1. The highest BCUT2D eigenvalue weighted by Crippen LogP contribution is 2.24. The molecule has 0 spiro atoms. The van der Waals surface area contributed by atoms with Crippen LogP contribution in [0.15, 0.2) is 51.7 Å². The standard InChI is InChI=1S/C19H13NO8/c1-10-5-17(21)28-16-9-14(3-4-15(10)16)27-19(23)12-6-11(18(22)26-2)7-13(8-12)20(24)25/h3-9H,1-2H3. The summed E-state index contributed by atoms with van der Waals surface area (Å²) < 4.78 is 14.8. The number of carbonyl (C=O) groups is 2. The Balaban J connectivity index is 1.97. The van der Waals surface area contributed by atoms with E-state index in [1.54, 1.807) is 13.0 Å².